The van der Waals surface area contributed by atoms with Crippen LogP contribution in [0.5, 0.6) is 0 Å². The number of tetrazole rings is 1. The van der Waals surface area contributed by atoms with Gasteiger partial charge in [0.25, 0.3) is 5.56 Å². The molecular weight excluding hydrogens is 535 g/mol. The molecule has 7 rings (SSSR count). The van der Waals surface area contributed by atoms with Crippen molar-refractivity contribution in [1.29, 1.82) is 0 Å². The molecule has 0 N–H and O–H groups in total. The molecule has 12 heteroatoms. The third-order valence-corrected chi connectivity index (χ3v) is 8.07. The fraction of sp³-hybridized carbons (Fsp3) is 0.231. The first kappa shape index (κ1) is 23.4. The average Bonchev–Trinajstić information content (AvgIpc) is 3.18. The Balaban J connectivity index is 1.29. The molecule has 0 spiro atoms. The van der Waals surface area contributed by atoms with Crippen molar-refractivity contribution in [3.63, 3.8) is 0 Å². The van der Waals surface area contributed by atoms with E-state index in [0.717, 1.165) is 12.1 Å². The maximum absolute atomic E-state index is 15.4. The number of rotatable bonds is 4. The van der Waals surface area contributed by atoms with E-state index in [2.05, 4.69) is 25.5 Å². The van der Waals surface area contributed by atoms with Crippen molar-refractivity contribution in [1.82, 2.24) is 29.8 Å². The molecule has 190 valence electrons. The van der Waals surface area contributed by atoms with E-state index in [-0.39, 0.29) is 39.2 Å². The van der Waals surface area contributed by atoms with Crippen molar-refractivity contribution >= 4 is 34.5 Å². The average molecular weight is 552 g/mol. The molecule has 2 aliphatic heterocycles. The number of hydrogen-bond acceptors (Lipinski definition) is 6. The van der Waals surface area contributed by atoms with Crippen molar-refractivity contribution < 1.29 is 8.78 Å². The predicted octanol–water partition coefficient (Wildman–Crippen LogP) is 5.24. The zero-order valence-corrected chi connectivity index (χ0v) is 21.3. The van der Waals surface area contributed by atoms with Crippen molar-refractivity contribution in [3.8, 4) is 16.8 Å². The van der Waals surface area contributed by atoms with Gasteiger partial charge in [0, 0.05) is 52.2 Å². The molecule has 1 aliphatic carbocycles. The fourth-order valence-electron chi connectivity index (χ4n) is 5.71. The normalized spacial score (nSPS) is 21.5. The maximum atomic E-state index is 15.4. The van der Waals surface area contributed by atoms with Crippen LogP contribution in [-0.4, -0.2) is 35.5 Å². The Labute approximate surface area is 224 Å². The summed E-state index contributed by atoms with van der Waals surface area (Å²) in [5.74, 6) is -0.991. The van der Waals surface area contributed by atoms with Crippen LogP contribution in [0.1, 0.15) is 41.8 Å². The highest BCUT2D eigenvalue weighted by Gasteiger charge is 2.55. The first-order valence-corrected chi connectivity index (χ1v) is 12.6. The number of hydrogen-bond donors (Lipinski definition) is 0. The molecule has 3 aliphatic rings. The standard InChI is InChI=1S/C26H17Cl2F2N7O/c1-11-2-3-13(26(30)32-11)16-9-18(33-25(16)28)24-15-8-14(15)20-6-12(7-21(38)37(20)24)22-19(36-10-31-34-35-36)5-4-17(27)23(22)29/h2-7,10,14-15,24H,8-9H2,1H3. The molecule has 1 fully saturated rings. The second kappa shape index (κ2) is 8.37. The Hall–Kier alpha value is -3.76. The molecule has 3 unspecified atom stereocenters. The Morgan fingerprint density at radius 3 is 2.71 bits per heavy atom. The largest absolute Gasteiger partial charge is 0.303 e. The number of benzene rings is 1. The van der Waals surface area contributed by atoms with Crippen molar-refractivity contribution in [3.05, 3.63) is 92.0 Å². The molecule has 0 amide bonds. The van der Waals surface area contributed by atoms with E-state index in [1.807, 2.05) is 6.07 Å². The zero-order valence-electron chi connectivity index (χ0n) is 19.7. The van der Waals surface area contributed by atoms with Gasteiger partial charge in [-0.25, -0.2) is 14.4 Å². The number of fused-ring (bicyclic) bond motifs is 3. The van der Waals surface area contributed by atoms with Crippen LogP contribution in [0.25, 0.3) is 22.4 Å². The highest BCUT2D eigenvalue weighted by Crippen LogP contribution is 2.60. The van der Waals surface area contributed by atoms with E-state index in [4.69, 9.17) is 23.2 Å². The number of aliphatic imine (C=N–C) groups is 1. The number of nitrogens with zero attached hydrogens (tertiary/aromatic N) is 7. The van der Waals surface area contributed by atoms with Crippen molar-refractivity contribution in [2.24, 2.45) is 10.9 Å². The molecular formula is C26H17Cl2F2N7O. The molecule has 1 aromatic carbocycles. The smallest absolute Gasteiger partial charge is 0.251 e. The Kier molecular flexibility index (Phi) is 5.15. The topological polar surface area (TPSA) is 90.9 Å². The van der Waals surface area contributed by atoms with Crippen LogP contribution in [0.4, 0.5) is 8.78 Å². The van der Waals surface area contributed by atoms with Crippen LogP contribution >= 0.6 is 23.2 Å². The quantitative estimate of drug-likeness (QED) is 0.255. The highest BCUT2D eigenvalue weighted by atomic mass is 35.5. The van der Waals surface area contributed by atoms with Gasteiger partial charge in [-0.3, -0.25) is 4.79 Å². The van der Waals surface area contributed by atoms with Gasteiger partial charge in [-0.2, -0.15) is 9.07 Å². The number of aryl methyl sites for hydroxylation is 1. The first-order valence-electron chi connectivity index (χ1n) is 11.9. The SMILES string of the molecule is Cc1ccc(C2=C(Cl)N=C(C3C4CC4c4cc(-c5c(-n6cnnn6)ccc(Cl)c5F)cc(=O)n43)C2)c(F)n1. The minimum Gasteiger partial charge on any atom is -0.303 e. The lowest BCUT2D eigenvalue weighted by atomic mass is 9.98. The Morgan fingerprint density at radius 2 is 1.95 bits per heavy atom. The van der Waals surface area contributed by atoms with Crippen LogP contribution in [0, 0.1) is 24.6 Å². The van der Waals surface area contributed by atoms with Crippen LogP contribution < -0.4 is 5.56 Å². The minimum atomic E-state index is -0.666. The second-order valence-electron chi connectivity index (χ2n) is 9.68. The van der Waals surface area contributed by atoms with Crippen LogP contribution in [0.15, 0.2) is 57.7 Å². The van der Waals surface area contributed by atoms with E-state index < -0.39 is 11.8 Å². The number of aromatic nitrogens is 6. The van der Waals surface area contributed by atoms with Gasteiger partial charge in [0.2, 0.25) is 5.95 Å². The molecule has 0 radical (unpaired) electrons. The lowest BCUT2D eigenvalue weighted by Crippen LogP contribution is -2.29. The lowest BCUT2D eigenvalue weighted by molar-refractivity contribution is 0.574. The van der Waals surface area contributed by atoms with E-state index in [1.54, 1.807) is 29.7 Å². The molecule has 0 bridgehead atoms. The lowest BCUT2D eigenvalue weighted by Gasteiger charge is -2.20. The van der Waals surface area contributed by atoms with Gasteiger partial charge in [-0.1, -0.05) is 23.2 Å². The predicted molar refractivity (Wildman–Crippen MR) is 137 cm³/mol. The van der Waals surface area contributed by atoms with Crippen molar-refractivity contribution in [2.45, 2.75) is 31.7 Å². The van der Waals surface area contributed by atoms with Gasteiger partial charge < -0.3 is 4.57 Å². The Bertz CT molecular complexity index is 1780. The van der Waals surface area contributed by atoms with Gasteiger partial charge in [-0.05, 0) is 65.6 Å². The third kappa shape index (κ3) is 3.47. The van der Waals surface area contributed by atoms with Gasteiger partial charge in [0.05, 0.1) is 16.8 Å². The Morgan fingerprint density at radius 1 is 1.11 bits per heavy atom. The summed E-state index contributed by atoms with van der Waals surface area (Å²) in [6, 6.07) is 9.29. The number of halogens is 4. The van der Waals surface area contributed by atoms with E-state index >= 15 is 4.39 Å². The minimum absolute atomic E-state index is 0.0778. The monoisotopic (exact) mass is 551 g/mol. The number of allylic oxidation sites excluding steroid dienone is 1. The number of pyridine rings is 2. The third-order valence-electron chi connectivity index (χ3n) is 7.46. The van der Waals surface area contributed by atoms with E-state index in [9.17, 15) is 9.18 Å². The maximum Gasteiger partial charge on any atom is 0.251 e. The van der Waals surface area contributed by atoms with Gasteiger partial charge >= 0.3 is 0 Å². The zero-order chi connectivity index (χ0) is 26.3. The molecule has 5 heterocycles. The molecule has 3 atom stereocenters. The van der Waals surface area contributed by atoms with Gasteiger partial charge in [0.15, 0.2) is 5.82 Å². The summed E-state index contributed by atoms with van der Waals surface area (Å²) in [4.78, 5) is 22.0. The summed E-state index contributed by atoms with van der Waals surface area (Å²) in [5, 5.41) is 11.3. The van der Waals surface area contributed by atoms with Crippen LogP contribution in [-0.2, 0) is 0 Å². The van der Waals surface area contributed by atoms with Crippen LogP contribution in [0.3, 0.4) is 0 Å². The highest BCUT2D eigenvalue weighted by molar-refractivity contribution is 6.35. The molecule has 0 saturated heterocycles. The summed E-state index contributed by atoms with van der Waals surface area (Å²) >= 11 is 12.6. The van der Waals surface area contributed by atoms with E-state index in [1.165, 1.54) is 23.1 Å². The molecule has 8 nitrogen and oxygen atoms in total. The summed E-state index contributed by atoms with van der Waals surface area (Å²) in [6.07, 6.45) is 2.52. The summed E-state index contributed by atoms with van der Waals surface area (Å²) < 4.78 is 33.0. The fourth-order valence-corrected chi connectivity index (χ4v) is 6.15. The van der Waals surface area contributed by atoms with Crippen molar-refractivity contribution in [2.75, 3.05) is 0 Å². The van der Waals surface area contributed by atoms with Gasteiger partial charge in [0.1, 0.15) is 11.5 Å². The van der Waals surface area contributed by atoms with E-state index in [0.29, 0.717) is 40.2 Å². The van der Waals surface area contributed by atoms with Gasteiger partial charge in [-0.15, -0.1) is 5.10 Å². The molecule has 3 aromatic heterocycles. The van der Waals surface area contributed by atoms with Crippen LogP contribution in [0.2, 0.25) is 5.02 Å². The first-order chi connectivity index (χ1) is 18.3. The molecule has 38 heavy (non-hydrogen) atoms. The molecule has 4 aromatic rings. The summed E-state index contributed by atoms with van der Waals surface area (Å²) in [5.41, 5.74) is 3.50. The summed E-state index contributed by atoms with van der Waals surface area (Å²) in [6.45, 7) is 1.71. The summed E-state index contributed by atoms with van der Waals surface area (Å²) in [7, 11) is 0. The molecule has 1 saturated carbocycles. The second-order valence-corrected chi connectivity index (χ2v) is 10.4.